The van der Waals surface area contributed by atoms with Crippen molar-refractivity contribution in [1.82, 2.24) is 5.32 Å². The van der Waals surface area contributed by atoms with Gasteiger partial charge >= 0.3 is 0 Å². The zero-order valence-corrected chi connectivity index (χ0v) is 9.03. The Balaban J connectivity index is 2.30. The number of likely N-dealkylation sites (N-methyl/N-ethyl adjacent to an activating group) is 1. The number of hydrogen-bond acceptors (Lipinski definition) is 3. The minimum Gasteiger partial charge on any atom is -0.464 e. The third kappa shape index (κ3) is 2.08. The van der Waals surface area contributed by atoms with E-state index in [1.165, 1.54) is 12.3 Å². The van der Waals surface area contributed by atoms with Gasteiger partial charge in [-0.25, -0.2) is 4.39 Å². The van der Waals surface area contributed by atoms with Gasteiger partial charge in [0.05, 0.1) is 12.8 Å². The van der Waals surface area contributed by atoms with E-state index < -0.39 is 5.85 Å². The molecule has 0 amide bonds. The topological polar surface area (TPSA) is 45.4 Å². The van der Waals surface area contributed by atoms with Gasteiger partial charge < -0.3 is 14.8 Å². The average molecular weight is 223 g/mol. The highest BCUT2D eigenvalue weighted by atomic mass is 19.2. The minimum absolute atomic E-state index is 0.118. The number of furan rings is 1. The van der Waals surface area contributed by atoms with Crippen LogP contribution >= 0.6 is 0 Å². The van der Waals surface area contributed by atoms with Gasteiger partial charge in [0, 0.05) is 10.9 Å². The molecule has 1 aromatic carbocycles. The van der Waals surface area contributed by atoms with E-state index >= 15 is 0 Å². The lowest BCUT2D eigenvalue weighted by Gasteiger charge is -2.19. The van der Waals surface area contributed by atoms with Crippen molar-refractivity contribution in [2.45, 2.75) is 12.8 Å². The maximum atomic E-state index is 13.9. The first kappa shape index (κ1) is 11.1. The van der Waals surface area contributed by atoms with Crippen LogP contribution in [0.4, 0.5) is 4.39 Å². The Morgan fingerprint density at radius 1 is 1.44 bits per heavy atom. The summed E-state index contributed by atoms with van der Waals surface area (Å²) in [6, 6.07) is 6.52. The SMILES string of the molecule is CCNCC(O)(F)c1ccc2occc2c1. The van der Waals surface area contributed by atoms with Crippen LogP contribution in [0.2, 0.25) is 0 Å². The first-order valence-corrected chi connectivity index (χ1v) is 5.23. The average Bonchev–Trinajstić information content (AvgIpc) is 2.73. The lowest BCUT2D eigenvalue weighted by atomic mass is 10.1. The molecule has 0 saturated carbocycles. The summed E-state index contributed by atoms with van der Waals surface area (Å²) in [6.45, 7) is 2.35. The van der Waals surface area contributed by atoms with E-state index in [-0.39, 0.29) is 12.1 Å². The molecule has 1 atom stereocenters. The van der Waals surface area contributed by atoms with Gasteiger partial charge in [0.1, 0.15) is 5.58 Å². The van der Waals surface area contributed by atoms with Gasteiger partial charge in [-0.15, -0.1) is 0 Å². The fourth-order valence-electron chi connectivity index (χ4n) is 1.60. The van der Waals surface area contributed by atoms with E-state index in [4.69, 9.17) is 4.42 Å². The maximum Gasteiger partial charge on any atom is 0.245 e. The molecule has 2 N–H and O–H groups in total. The smallest absolute Gasteiger partial charge is 0.245 e. The molecule has 86 valence electrons. The van der Waals surface area contributed by atoms with Gasteiger partial charge in [0.25, 0.3) is 0 Å². The standard InChI is InChI=1S/C12H14FNO2/c1-2-14-8-12(13,15)10-3-4-11-9(7-10)5-6-16-11/h3-7,14-15H,2,8H2,1H3. The summed E-state index contributed by atoms with van der Waals surface area (Å²) in [7, 11) is 0. The number of hydrogen-bond donors (Lipinski definition) is 2. The second-order valence-corrected chi connectivity index (χ2v) is 3.71. The molecule has 1 heterocycles. The number of nitrogens with one attached hydrogen (secondary N) is 1. The molecular weight excluding hydrogens is 209 g/mol. The third-order valence-electron chi connectivity index (χ3n) is 2.50. The van der Waals surface area contributed by atoms with Crippen molar-refractivity contribution in [2.24, 2.45) is 0 Å². The van der Waals surface area contributed by atoms with Crippen LogP contribution in [0.15, 0.2) is 34.9 Å². The van der Waals surface area contributed by atoms with Crippen molar-refractivity contribution >= 4 is 11.0 Å². The lowest BCUT2D eigenvalue weighted by Crippen LogP contribution is -2.34. The Bertz CT molecular complexity index is 479. The molecule has 1 aromatic heterocycles. The normalized spacial score (nSPS) is 15.2. The van der Waals surface area contributed by atoms with Crippen molar-refractivity contribution in [3.05, 3.63) is 36.1 Å². The lowest BCUT2D eigenvalue weighted by molar-refractivity contribution is -0.0920. The molecule has 0 aliphatic carbocycles. The maximum absolute atomic E-state index is 13.9. The van der Waals surface area contributed by atoms with Gasteiger partial charge in [-0.05, 0) is 30.8 Å². The van der Waals surface area contributed by atoms with E-state index in [2.05, 4.69) is 5.32 Å². The van der Waals surface area contributed by atoms with E-state index in [0.717, 1.165) is 5.39 Å². The molecule has 0 radical (unpaired) electrons. The molecule has 1 unspecified atom stereocenters. The van der Waals surface area contributed by atoms with Crippen LogP contribution in [-0.2, 0) is 5.85 Å². The van der Waals surface area contributed by atoms with E-state index in [0.29, 0.717) is 12.1 Å². The summed E-state index contributed by atoms with van der Waals surface area (Å²) < 4.78 is 19.1. The number of rotatable bonds is 4. The van der Waals surface area contributed by atoms with Gasteiger partial charge in [0.2, 0.25) is 5.85 Å². The molecule has 3 nitrogen and oxygen atoms in total. The molecule has 0 aliphatic rings. The van der Waals surface area contributed by atoms with Gasteiger partial charge in [0.15, 0.2) is 0 Å². The highest BCUT2D eigenvalue weighted by Gasteiger charge is 2.28. The van der Waals surface area contributed by atoms with Crippen molar-refractivity contribution in [3.63, 3.8) is 0 Å². The highest BCUT2D eigenvalue weighted by molar-refractivity contribution is 5.77. The van der Waals surface area contributed by atoms with Gasteiger partial charge in [-0.3, -0.25) is 0 Å². The molecular formula is C12H14FNO2. The minimum atomic E-state index is -2.35. The van der Waals surface area contributed by atoms with E-state index in [1.54, 1.807) is 18.2 Å². The van der Waals surface area contributed by atoms with Crippen LogP contribution in [0.5, 0.6) is 0 Å². The molecule has 0 aliphatic heterocycles. The van der Waals surface area contributed by atoms with Crippen LogP contribution in [0.3, 0.4) is 0 Å². The number of aliphatic hydroxyl groups is 1. The Hall–Kier alpha value is -1.39. The Kier molecular flexibility index (Phi) is 2.94. The Morgan fingerprint density at radius 2 is 2.25 bits per heavy atom. The molecule has 2 rings (SSSR count). The first-order valence-electron chi connectivity index (χ1n) is 5.23. The number of fused-ring (bicyclic) bond motifs is 1. The van der Waals surface area contributed by atoms with Crippen LogP contribution in [0.1, 0.15) is 12.5 Å². The highest BCUT2D eigenvalue weighted by Crippen LogP contribution is 2.26. The number of benzene rings is 1. The fraction of sp³-hybridized carbons (Fsp3) is 0.333. The predicted octanol–water partition coefficient (Wildman–Crippen LogP) is 2.16. The summed E-state index contributed by atoms with van der Waals surface area (Å²) in [5.41, 5.74) is 0.922. The van der Waals surface area contributed by atoms with E-state index in [9.17, 15) is 9.50 Å². The Labute approximate surface area is 92.9 Å². The second kappa shape index (κ2) is 4.23. The summed E-state index contributed by atoms with van der Waals surface area (Å²) in [4.78, 5) is 0. The quantitative estimate of drug-likeness (QED) is 0.834. The summed E-state index contributed by atoms with van der Waals surface area (Å²) in [5, 5.41) is 13.2. The van der Waals surface area contributed by atoms with Gasteiger partial charge in [-0.2, -0.15) is 0 Å². The van der Waals surface area contributed by atoms with Crippen LogP contribution in [-0.4, -0.2) is 18.2 Å². The van der Waals surface area contributed by atoms with E-state index in [1.807, 2.05) is 6.92 Å². The molecule has 4 heteroatoms. The summed E-state index contributed by atoms with van der Waals surface area (Å²) >= 11 is 0. The Morgan fingerprint density at radius 3 is 3.00 bits per heavy atom. The van der Waals surface area contributed by atoms with Crippen LogP contribution in [0.25, 0.3) is 11.0 Å². The van der Waals surface area contributed by atoms with Crippen molar-refractivity contribution in [1.29, 1.82) is 0 Å². The van der Waals surface area contributed by atoms with Gasteiger partial charge in [-0.1, -0.05) is 6.92 Å². The fourth-order valence-corrected chi connectivity index (χ4v) is 1.60. The zero-order valence-electron chi connectivity index (χ0n) is 9.03. The third-order valence-corrected chi connectivity index (χ3v) is 2.50. The van der Waals surface area contributed by atoms with Crippen molar-refractivity contribution in [2.75, 3.05) is 13.1 Å². The predicted molar refractivity (Wildman–Crippen MR) is 59.8 cm³/mol. The largest absolute Gasteiger partial charge is 0.464 e. The molecule has 2 aromatic rings. The summed E-state index contributed by atoms with van der Waals surface area (Å²) in [6.07, 6.45) is 1.54. The van der Waals surface area contributed by atoms with Crippen LogP contribution in [0, 0.1) is 0 Å². The first-order chi connectivity index (χ1) is 7.63. The monoisotopic (exact) mass is 223 g/mol. The molecule has 0 fully saturated rings. The van der Waals surface area contributed by atoms with Crippen molar-refractivity contribution < 1.29 is 13.9 Å². The molecule has 0 spiro atoms. The molecule has 0 saturated heterocycles. The number of alkyl halides is 1. The van der Waals surface area contributed by atoms with Crippen LogP contribution < -0.4 is 5.32 Å². The molecule has 16 heavy (non-hydrogen) atoms. The zero-order chi connectivity index (χ0) is 11.6. The number of halogens is 1. The second-order valence-electron chi connectivity index (χ2n) is 3.71. The summed E-state index contributed by atoms with van der Waals surface area (Å²) in [5.74, 6) is -2.35. The van der Waals surface area contributed by atoms with Crippen molar-refractivity contribution in [3.8, 4) is 0 Å². The molecule has 0 bridgehead atoms.